The number of carbonyl (C=O) groups is 1. The molecule has 0 saturated heterocycles. The van der Waals surface area contributed by atoms with E-state index in [-0.39, 0.29) is 12.3 Å². The summed E-state index contributed by atoms with van der Waals surface area (Å²) in [4.78, 5) is 12.3. The topological polar surface area (TPSA) is 63.3 Å². The summed E-state index contributed by atoms with van der Waals surface area (Å²) in [5.74, 6) is -0.636. The Kier molecular flexibility index (Phi) is 3.99. The van der Waals surface area contributed by atoms with Crippen LogP contribution < -0.4 is 5.73 Å². The molecule has 0 saturated carbocycles. The molecule has 1 unspecified atom stereocenters. The van der Waals surface area contributed by atoms with Crippen LogP contribution in [0.1, 0.15) is 39.0 Å². The minimum Gasteiger partial charge on any atom is -0.481 e. The van der Waals surface area contributed by atoms with Crippen molar-refractivity contribution in [3.8, 4) is 0 Å². The second-order valence-electron chi connectivity index (χ2n) is 5.40. The lowest BCUT2D eigenvalue weighted by molar-refractivity contribution is -0.139. The maximum Gasteiger partial charge on any atom is 0.304 e. The van der Waals surface area contributed by atoms with Crippen molar-refractivity contribution in [3.05, 3.63) is 22.4 Å². The minimum absolute atomic E-state index is 0.0642. The molecule has 3 N–H and O–H groups in total. The van der Waals surface area contributed by atoms with Crippen molar-refractivity contribution >= 4 is 17.3 Å². The van der Waals surface area contributed by atoms with Crippen LogP contribution in [0.3, 0.4) is 0 Å². The van der Waals surface area contributed by atoms with Crippen LogP contribution in [-0.4, -0.2) is 16.6 Å². The quantitative estimate of drug-likeness (QED) is 0.850. The summed E-state index contributed by atoms with van der Waals surface area (Å²) in [5, 5.41) is 11.2. The van der Waals surface area contributed by atoms with Crippen LogP contribution >= 0.6 is 11.3 Å². The van der Waals surface area contributed by atoms with Crippen LogP contribution in [0.5, 0.6) is 0 Å². The van der Waals surface area contributed by atoms with Crippen molar-refractivity contribution in [1.82, 2.24) is 0 Å². The largest absolute Gasteiger partial charge is 0.481 e. The molecule has 3 nitrogen and oxygen atoms in total. The molecule has 0 radical (unpaired) electrons. The molecule has 0 aliphatic carbocycles. The van der Waals surface area contributed by atoms with E-state index in [2.05, 4.69) is 0 Å². The maximum atomic E-state index is 11.2. The summed E-state index contributed by atoms with van der Waals surface area (Å²) in [6, 6.07) is 3.94. The summed E-state index contributed by atoms with van der Waals surface area (Å²) in [6.45, 7) is 7.90. The van der Waals surface area contributed by atoms with Gasteiger partial charge in [0, 0.05) is 15.8 Å². The number of aliphatic carboxylic acids is 1. The van der Waals surface area contributed by atoms with E-state index in [1.807, 2.05) is 45.2 Å². The number of hydrogen-bond donors (Lipinski definition) is 2. The highest BCUT2D eigenvalue weighted by atomic mass is 32.1. The number of rotatable bonds is 5. The molecule has 96 valence electrons. The molecule has 0 aliphatic heterocycles. The van der Waals surface area contributed by atoms with E-state index in [0.717, 1.165) is 4.88 Å². The molecule has 0 fully saturated rings. The zero-order valence-corrected chi connectivity index (χ0v) is 11.7. The SMILES string of the molecule is CC(C)C(CC(=O)O)(c1cccs1)C(C)(C)N. The van der Waals surface area contributed by atoms with E-state index in [4.69, 9.17) is 5.73 Å². The summed E-state index contributed by atoms with van der Waals surface area (Å²) < 4.78 is 0. The normalized spacial score (nSPS) is 15.9. The van der Waals surface area contributed by atoms with Gasteiger partial charge >= 0.3 is 5.97 Å². The van der Waals surface area contributed by atoms with Gasteiger partial charge in [-0.25, -0.2) is 0 Å². The second kappa shape index (κ2) is 4.78. The van der Waals surface area contributed by atoms with Gasteiger partial charge < -0.3 is 10.8 Å². The molecule has 1 aromatic heterocycles. The lowest BCUT2D eigenvalue weighted by Crippen LogP contribution is -2.57. The van der Waals surface area contributed by atoms with Gasteiger partial charge in [-0.15, -0.1) is 11.3 Å². The maximum absolute atomic E-state index is 11.2. The fraction of sp³-hybridized carbons (Fsp3) is 0.615. The first-order valence-electron chi connectivity index (χ1n) is 5.76. The lowest BCUT2D eigenvalue weighted by Gasteiger charge is -2.46. The van der Waals surface area contributed by atoms with E-state index in [0.29, 0.717) is 0 Å². The van der Waals surface area contributed by atoms with Crippen molar-refractivity contribution in [2.75, 3.05) is 0 Å². The van der Waals surface area contributed by atoms with Crippen LogP contribution in [0, 0.1) is 5.92 Å². The molecule has 0 bridgehead atoms. The molecule has 1 heterocycles. The average molecular weight is 255 g/mol. The van der Waals surface area contributed by atoms with Crippen LogP contribution in [0.25, 0.3) is 0 Å². The van der Waals surface area contributed by atoms with Crippen molar-refractivity contribution in [2.45, 2.75) is 45.1 Å². The predicted molar refractivity (Wildman–Crippen MR) is 71.4 cm³/mol. The third-order valence-electron chi connectivity index (χ3n) is 3.53. The first-order valence-corrected chi connectivity index (χ1v) is 6.64. The van der Waals surface area contributed by atoms with Crippen LogP contribution in [0.2, 0.25) is 0 Å². The summed E-state index contributed by atoms with van der Waals surface area (Å²) in [7, 11) is 0. The number of carboxylic acid groups (broad SMARTS) is 1. The Bertz CT molecular complexity index is 379. The van der Waals surface area contributed by atoms with Crippen LogP contribution in [0.15, 0.2) is 17.5 Å². The summed E-state index contributed by atoms with van der Waals surface area (Å²) in [6.07, 6.45) is 0.0642. The van der Waals surface area contributed by atoms with E-state index < -0.39 is 16.9 Å². The molecular formula is C13H21NO2S. The summed E-state index contributed by atoms with van der Waals surface area (Å²) >= 11 is 1.58. The first-order chi connectivity index (χ1) is 7.72. The van der Waals surface area contributed by atoms with Gasteiger partial charge in [-0.2, -0.15) is 0 Å². The molecule has 4 heteroatoms. The van der Waals surface area contributed by atoms with Crippen LogP contribution in [0.4, 0.5) is 0 Å². The number of thiophene rings is 1. The fourth-order valence-electron chi connectivity index (χ4n) is 2.64. The highest BCUT2D eigenvalue weighted by molar-refractivity contribution is 7.10. The number of carboxylic acids is 1. The Morgan fingerprint density at radius 1 is 1.53 bits per heavy atom. The summed E-state index contributed by atoms with van der Waals surface area (Å²) in [5.41, 5.74) is 5.20. The van der Waals surface area contributed by atoms with Gasteiger partial charge in [0.2, 0.25) is 0 Å². The van der Waals surface area contributed by atoms with Gasteiger partial charge in [-0.1, -0.05) is 19.9 Å². The Morgan fingerprint density at radius 3 is 2.41 bits per heavy atom. The second-order valence-corrected chi connectivity index (χ2v) is 6.34. The van der Waals surface area contributed by atoms with Gasteiger partial charge in [-0.05, 0) is 31.2 Å². The Hall–Kier alpha value is -0.870. The Labute approximate surface area is 107 Å². The highest BCUT2D eigenvalue weighted by Gasteiger charge is 2.48. The van der Waals surface area contributed by atoms with Gasteiger partial charge in [0.25, 0.3) is 0 Å². The van der Waals surface area contributed by atoms with E-state index in [9.17, 15) is 9.90 Å². The Balaban J connectivity index is 3.37. The van der Waals surface area contributed by atoms with E-state index in [1.54, 1.807) is 11.3 Å². The van der Waals surface area contributed by atoms with Crippen molar-refractivity contribution in [3.63, 3.8) is 0 Å². The monoisotopic (exact) mass is 255 g/mol. The minimum atomic E-state index is -0.800. The van der Waals surface area contributed by atoms with E-state index >= 15 is 0 Å². The standard InChI is InChI=1S/C13H21NO2S/c1-9(2)13(8-11(15)16,12(3,4)14)10-6-5-7-17-10/h5-7,9H,8,14H2,1-4H3,(H,15,16). The van der Waals surface area contributed by atoms with Crippen LogP contribution in [-0.2, 0) is 10.2 Å². The molecule has 0 aromatic carbocycles. The molecule has 1 rings (SSSR count). The Morgan fingerprint density at radius 2 is 2.12 bits per heavy atom. The van der Waals surface area contributed by atoms with Gasteiger partial charge in [-0.3, -0.25) is 4.79 Å². The molecule has 0 aliphatic rings. The molecule has 0 amide bonds. The predicted octanol–water partition coefficient (Wildman–Crippen LogP) is 2.85. The molecule has 17 heavy (non-hydrogen) atoms. The molecule has 0 spiro atoms. The third-order valence-corrected chi connectivity index (χ3v) is 4.57. The zero-order chi connectivity index (χ0) is 13.3. The fourth-order valence-corrected chi connectivity index (χ4v) is 3.88. The average Bonchev–Trinajstić information content (AvgIpc) is 2.63. The zero-order valence-electron chi connectivity index (χ0n) is 10.9. The van der Waals surface area contributed by atoms with Crippen molar-refractivity contribution < 1.29 is 9.90 Å². The lowest BCUT2D eigenvalue weighted by atomic mass is 9.62. The van der Waals surface area contributed by atoms with Gasteiger partial charge in [0.1, 0.15) is 0 Å². The third kappa shape index (κ3) is 2.53. The van der Waals surface area contributed by atoms with Gasteiger partial charge in [0.05, 0.1) is 6.42 Å². The highest BCUT2D eigenvalue weighted by Crippen LogP contribution is 2.45. The molecular weight excluding hydrogens is 234 g/mol. The smallest absolute Gasteiger partial charge is 0.304 e. The first kappa shape index (κ1) is 14.2. The van der Waals surface area contributed by atoms with Crippen molar-refractivity contribution in [2.24, 2.45) is 11.7 Å². The number of hydrogen-bond acceptors (Lipinski definition) is 3. The molecule has 1 atom stereocenters. The number of nitrogens with two attached hydrogens (primary N) is 1. The van der Waals surface area contributed by atoms with Gasteiger partial charge in [0.15, 0.2) is 0 Å². The van der Waals surface area contributed by atoms with E-state index in [1.165, 1.54) is 0 Å². The molecule has 1 aromatic rings. The van der Waals surface area contributed by atoms with Crippen molar-refractivity contribution in [1.29, 1.82) is 0 Å².